The van der Waals surface area contributed by atoms with Gasteiger partial charge in [0.1, 0.15) is 11.6 Å². The Balaban J connectivity index is 1.41. The van der Waals surface area contributed by atoms with Crippen molar-refractivity contribution in [1.82, 2.24) is 15.3 Å². The molecule has 0 bridgehead atoms. The Labute approximate surface area is 183 Å². The number of nitrogens with one attached hydrogen (secondary N) is 2. The highest BCUT2D eigenvalue weighted by Gasteiger charge is 2.24. The molecular weight excluding hydrogens is 419 g/mol. The number of anilines is 2. The van der Waals surface area contributed by atoms with Crippen molar-refractivity contribution in [3.63, 3.8) is 0 Å². The normalized spacial score (nSPS) is 18.4. The number of benzene rings is 2. The SMILES string of the molecule is CN(C)c1nc(N[C@H]2CC[C@@H](NC(=O)c3ccc(F)cc3)CC2)nc2cc(F)c(F)cc12. The van der Waals surface area contributed by atoms with Crippen LogP contribution in [0, 0.1) is 17.5 Å². The average Bonchev–Trinajstić information content (AvgIpc) is 2.76. The third-order valence-corrected chi connectivity index (χ3v) is 5.64. The lowest BCUT2D eigenvalue weighted by atomic mass is 9.91. The lowest BCUT2D eigenvalue weighted by Crippen LogP contribution is -2.40. The molecule has 4 rings (SSSR count). The Hall–Kier alpha value is -3.36. The average molecular weight is 443 g/mol. The quantitative estimate of drug-likeness (QED) is 0.617. The van der Waals surface area contributed by atoms with Gasteiger partial charge in [0.05, 0.1) is 5.52 Å². The second kappa shape index (κ2) is 9.02. The van der Waals surface area contributed by atoms with Gasteiger partial charge in [0.2, 0.25) is 5.95 Å². The van der Waals surface area contributed by atoms with Gasteiger partial charge >= 0.3 is 0 Å². The first-order valence-corrected chi connectivity index (χ1v) is 10.5. The summed E-state index contributed by atoms with van der Waals surface area (Å²) in [7, 11) is 3.56. The van der Waals surface area contributed by atoms with E-state index >= 15 is 0 Å². The van der Waals surface area contributed by atoms with Crippen LogP contribution in [0.25, 0.3) is 10.9 Å². The molecule has 1 aliphatic rings. The Morgan fingerprint density at radius 2 is 1.56 bits per heavy atom. The smallest absolute Gasteiger partial charge is 0.251 e. The molecule has 32 heavy (non-hydrogen) atoms. The van der Waals surface area contributed by atoms with Gasteiger partial charge in [-0.3, -0.25) is 4.79 Å². The van der Waals surface area contributed by atoms with Crippen LogP contribution in [0.2, 0.25) is 0 Å². The van der Waals surface area contributed by atoms with E-state index < -0.39 is 11.6 Å². The van der Waals surface area contributed by atoms with Crippen LogP contribution in [0.1, 0.15) is 36.0 Å². The van der Waals surface area contributed by atoms with Gasteiger partial charge < -0.3 is 15.5 Å². The Morgan fingerprint density at radius 3 is 2.22 bits per heavy atom. The molecular formula is C23H24F3N5O. The zero-order chi connectivity index (χ0) is 22.8. The summed E-state index contributed by atoms with van der Waals surface area (Å²) in [5, 5.41) is 6.73. The second-order valence-electron chi connectivity index (χ2n) is 8.22. The van der Waals surface area contributed by atoms with Crippen molar-refractivity contribution < 1.29 is 18.0 Å². The van der Waals surface area contributed by atoms with Gasteiger partial charge in [-0.15, -0.1) is 0 Å². The molecule has 6 nitrogen and oxygen atoms in total. The highest BCUT2D eigenvalue weighted by molar-refractivity contribution is 5.94. The van der Waals surface area contributed by atoms with E-state index in [2.05, 4.69) is 20.6 Å². The van der Waals surface area contributed by atoms with E-state index in [0.29, 0.717) is 28.2 Å². The number of halogens is 3. The molecule has 0 spiro atoms. The number of hydrogen-bond donors (Lipinski definition) is 2. The maximum atomic E-state index is 13.7. The Morgan fingerprint density at radius 1 is 0.938 bits per heavy atom. The number of carbonyl (C=O) groups excluding carboxylic acids is 1. The van der Waals surface area contributed by atoms with Gasteiger partial charge in [0.15, 0.2) is 11.6 Å². The maximum absolute atomic E-state index is 13.7. The molecule has 1 fully saturated rings. The monoisotopic (exact) mass is 443 g/mol. The van der Waals surface area contributed by atoms with Gasteiger partial charge in [0, 0.05) is 43.2 Å². The fourth-order valence-corrected chi connectivity index (χ4v) is 3.95. The Bertz CT molecular complexity index is 1130. The summed E-state index contributed by atoms with van der Waals surface area (Å²) in [4.78, 5) is 22.9. The van der Waals surface area contributed by atoms with E-state index in [1.807, 2.05) is 0 Å². The van der Waals surface area contributed by atoms with Gasteiger partial charge in [0.25, 0.3) is 5.91 Å². The van der Waals surface area contributed by atoms with E-state index in [1.54, 1.807) is 19.0 Å². The fourth-order valence-electron chi connectivity index (χ4n) is 3.95. The highest BCUT2D eigenvalue weighted by Crippen LogP contribution is 2.28. The van der Waals surface area contributed by atoms with E-state index in [0.717, 1.165) is 37.8 Å². The lowest BCUT2D eigenvalue weighted by molar-refractivity contribution is 0.0926. The predicted octanol–water partition coefficient (Wildman–Crippen LogP) is 4.27. The molecule has 0 aliphatic heterocycles. The standard InChI is InChI=1S/C23H24F3N5O/c1-31(2)21-17-11-18(25)19(26)12-20(17)29-23(30-21)28-16-9-7-15(8-10-16)27-22(32)13-3-5-14(24)6-4-13/h3-6,11-12,15-16H,7-10H2,1-2H3,(H,27,32)(H,28,29,30)/t15-,16+. The van der Waals surface area contributed by atoms with Gasteiger partial charge in [-0.2, -0.15) is 4.98 Å². The molecule has 0 saturated heterocycles. The summed E-state index contributed by atoms with van der Waals surface area (Å²) in [5.41, 5.74) is 0.751. The number of hydrogen-bond acceptors (Lipinski definition) is 5. The predicted molar refractivity (Wildman–Crippen MR) is 117 cm³/mol. The van der Waals surface area contributed by atoms with Gasteiger partial charge in [-0.25, -0.2) is 18.2 Å². The summed E-state index contributed by atoms with van der Waals surface area (Å²) < 4.78 is 40.5. The number of fused-ring (bicyclic) bond motifs is 1. The third kappa shape index (κ3) is 4.76. The molecule has 2 N–H and O–H groups in total. The molecule has 2 aromatic carbocycles. The Kier molecular flexibility index (Phi) is 6.16. The molecule has 0 unspecified atom stereocenters. The van der Waals surface area contributed by atoms with E-state index in [-0.39, 0.29) is 23.8 Å². The molecule has 1 aliphatic carbocycles. The zero-order valence-electron chi connectivity index (χ0n) is 17.8. The molecule has 0 radical (unpaired) electrons. The maximum Gasteiger partial charge on any atom is 0.251 e. The first-order chi connectivity index (χ1) is 15.3. The van der Waals surface area contributed by atoms with Crippen LogP contribution in [0.4, 0.5) is 24.9 Å². The molecule has 9 heteroatoms. The topological polar surface area (TPSA) is 70.2 Å². The van der Waals surface area contributed by atoms with Crippen LogP contribution in [0.5, 0.6) is 0 Å². The first kappa shape index (κ1) is 21.9. The van der Waals surface area contributed by atoms with E-state index in [9.17, 15) is 18.0 Å². The van der Waals surface area contributed by atoms with Gasteiger partial charge in [-0.05, 0) is 56.0 Å². The number of aromatic nitrogens is 2. The van der Waals surface area contributed by atoms with Crippen LogP contribution in [0.15, 0.2) is 36.4 Å². The summed E-state index contributed by atoms with van der Waals surface area (Å²) in [6.45, 7) is 0. The number of amides is 1. The van der Waals surface area contributed by atoms with Crippen LogP contribution in [-0.4, -0.2) is 42.1 Å². The second-order valence-corrected chi connectivity index (χ2v) is 8.22. The highest BCUT2D eigenvalue weighted by atomic mass is 19.2. The van der Waals surface area contributed by atoms with Crippen molar-refractivity contribution in [3.05, 3.63) is 59.4 Å². The van der Waals surface area contributed by atoms with Crippen LogP contribution in [0.3, 0.4) is 0 Å². The summed E-state index contributed by atoms with van der Waals surface area (Å²) in [6.07, 6.45) is 3.09. The minimum absolute atomic E-state index is 0.0255. The molecule has 0 atom stereocenters. The number of rotatable bonds is 5. The zero-order valence-corrected chi connectivity index (χ0v) is 17.8. The third-order valence-electron chi connectivity index (χ3n) is 5.64. The number of nitrogens with zero attached hydrogens (tertiary/aromatic N) is 3. The van der Waals surface area contributed by atoms with Crippen molar-refractivity contribution >= 4 is 28.6 Å². The molecule has 1 heterocycles. The fraction of sp³-hybridized carbons (Fsp3) is 0.348. The van der Waals surface area contributed by atoms with Crippen molar-refractivity contribution in [3.8, 4) is 0 Å². The molecule has 1 saturated carbocycles. The van der Waals surface area contributed by atoms with Crippen LogP contribution >= 0.6 is 0 Å². The minimum atomic E-state index is -0.954. The van der Waals surface area contributed by atoms with Crippen LogP contribution in [-0.2, 0) is 0 Å². The largest absolute Gasteiger partial charge is 0.362 e. The molecule has 3 aromatic rings. The van der Waals surface area contributed by atoms with Gasteiger partial charge in [-0.1, -0.05) is 0 Å². The molecule has 168 valence electrons. The van der Waals surface area contributed by atoms with Crippen molar-refractivity contribution in [1.29, 1.82) is 0 Å². The lowest BCUT2D eigenvalue weighted by Gasteiger charge is -2.30. The van der Waals surface area contributed by atoms with E-state index in [4.69, 9.17) is 0 Å². The summed E-state index contributed by atoms with van der Waals surface area (Å²) in [5.74, 6) is -1.64. The van der Waals surface area contributed by atoms with Crippen LogP contribution < -0.4 is 15.5 Å². The number of carbonyl (C=O) groups is 1. The summed E-state index contributed by atoms with van der Waals surface area (Å²) >= 11 is 0. The first-order valence-electron chi connectivity index (χ1n) is 10.5. The van der Waals surface area contributed by atoms with E-state index in [1.165, 1.54) is 24.3 Å². The minimum Gasteiger partial charge on any atom is -0.362 e. The van der Waals surface area contributed by atoms with Crippen molar-refractivity contribution in [2.24, 2.45) is 0 Å². The molecule has 1 aromatic heterocycles. The van der Waals surface area contributed by atoms with Crippen molar-refractivity contribution in [2.75, 3.05) is 24.3 Å². The molecule has 1 amide bonds. The summed E-state index contributed by atoms with van der Waals surface area (Å²) in [6, 6.07) is 7.76. The van der Waals surface area contributed by atoms with Crippen molar-refractivity contribution in [2.45, 2.75) is 37.8 Å².